The van der Waals surface area contributed by atoms with Crippen LogP contribution in [0.25, 0.3) is 0 Å². The monoisotopic (exact) mass is 420 g/mol. The van der Waals surface area contributed by atoms with Gasteiger partial charge in [0.05, 0.1) is 0 Å². The molecular formula is C26H22NaO2P. The Morgan fingerprint density at radius 1 is 0.600 bits per heavy atom. The van der Waals surface area contributed by atoms with Crippen LogP contribution in [0.1, 0.15) is 15.9 Å². The Hall–Kier alpha value is -2.22. The zero-order valence-electron chi connectivity index (χ0n) is 17.0. The topological polar surface area (TPSA) is 40.1 Å². The Labute approximate surface area is 200 Å². The van der Waals surface area contributed by atoms with Gasteiger partial charge in [0.2, 0.25) is 0 Å². The Bertz CT molecular complexity index is 986. The molecule has 4 rings (SSSR count). The van der Waals surface area contributed by atoms with E-state index in [1.54, 1.807) is 12.1 Å². The van der Waals surface area contributed by atoms with Crippen molar-refractivity contribution in [1.29, 1.82) is 0 Å². The van der Waals surface area contributed by atoms with E-state index in [1.165, 1.54) is 15.9 Å². The molecule has 0 aromatic heterocycles. The third-order valence-corrected chi connectivity index (χ3v) is 10.4. The van der Waals surface area contributed by atoms with E-state index in [1.807, 2.05) is 30.3 Å². The van der Waals surface area contributed by atoms with Crippen LogP contribution in [0.4, 0.5) is 0 Å². The van der Waals surface area contributed by atoms with Gasteiger partial charge in [-0.15, -0.1) is 0 Å². The van der Waals surface area contributed by atoms with Gasteiger partial charge in [0, 0.05) is 0 Å². The fourth-order valence-electron chi connectivity index (χ4n) is 4.04. The predicted molar refractivity (Wildman–Crippen MR) is 121 cm³/mol. The fourth-order valence-corrected chi connectivity index (χ4v) is 8.78. The third kappa shape index (κ3) is 4.58. The molecule has 0 radical (unpaired) electrons. The molecule has 0 amide bonds. The van der Waals surface area contributed by atoms with E-state index >= 15 is 0 Å². The Morgan fingerprint density at radius 3 is 1.30 bits per heavy atom. The first-order valence-electron chi connectivity index (χ1n) is 9.67. The normalized spacial score (nSPS) is 11.3. The van der Waals surface area contributed by atoms with Crippen LogP contribution in [-0.2, 0) is 6.16 Å². The van der Waals surface area contributed by atoms with Gasteiger partial charge in [-0.25, -0.2) is 0 Å². The van der Waals surface area contributed by atoms with Crippen molar-refractivity contribution in [2.45, 2.75) is 6.16 Å². The summed E-state index contributed by atoms with van der Waals surface area (Å²) in [7, 11) is -2.37. The standard InChI is InChI=1S/C26H23O2P.Na/c27-26(28)22-18-16-21(17-19-22)20-29(23-10-4-1-5-11-23,24-12-6-2-7-13-24)25-14-8-3-9-15-25;/h1-19,29H,20H2,(H,27,28);/q;+1/p-1. The van der Waals surface area contributed by atoms with Gasteiger partial charge in [-0.1, -0.05) is 0 Å². The van der Waals surface area contributed by atoms with Crippen molar-refractivity contribution in [3.63, 3.8) is 0 Å². The average Bonchev–Trinajstić information content (AvgIpc) is 2.79. The molecule has 0 heterocycles. The zero-order valence-corrected chi connectivity index (χ0v) is 20.0. The van der Waals surface area contributed by atoms with E-state index in [0.717, 1.165) is 11.7 Å². The summed E-state index contributed by atoms with van der Waals surface area (Å²) in [6.45, 7) is 0. The molecule has 144 valence electrons. The molecule has 0 aliphatic heterocycles. The van der Waals surface area contributed by atoms with Crippen molar-refractivity contribution in [2.75, 3.05) is 0 Å². The molecule has 4 aromatic carbocycles. The molecule has 30 heavy (non-hydrogen) atoms. The van der Waals surface area contributed by atoms with Gasteiger partial charge in [-0.05, 0) is 0 Å². The molecule has 0 atom stereocenters. The van der Waals surface area contributed by atoms with E-state index in [9.17, 15) is 9.90 Å². The maximum absolute atomic E-state index is 11.2. The van der Waals surface area contributed by atoms with Gasteiger partial charge in [0.1, 0.15) is 0 Å². The van der Waals surface area contributed by atoms with Crippen molar-refractivity contribution in [3.8, 4) is 0 Å². The Balaban J connectivity index is 0.00000256. The second-order valence-electron chi connectivity index (χ2n) is 7.16. The van der Waals surface area contributed by atoms with Gasteiger partial charge >= 0.3 is 201 Å². The van der Waals surface area contributed by atoms with Crippen molar-refractivity contribution in [1.82, 2.24) is 0 Å². The van der Waals surface area contributed by atoms with Crippen LogP contribution in [-0.4, -0.2) is 5.97 Å². The second kappa shape index (κ2) is 10.2. The summed E-state index contributed by atoms with van der Waals surface area (Å²) < 4.78 is 0. The quantitative estimate of drug-likeness (QED) is 0.332. The maximum atomic E-state index is 11.2. The van der Waals surface area contributed by atoms with Gasteiger partial charge in [0.15, 0.2) is 0 Å². The van der Waals surface area contributed by atoms with Crippen molar-refractivity contribution < 1.29 is 39.5 Å². The molecule has 4 aromatic rings. The zero-order chi connectivity index (χ0) is 20.1. The van der Waals surface area contributed by atoms with Crippen LogP contribution in [0.2, 0.25) is 0 Å². The van der Waals surface area contributed by atoms with Gasteiger partial charge in [-0.2, -0.15) is 0 Å². The van der Waals surface area contributed by atoms with E-state index in [0.29, 0.717) is 0 Å². The first-order valence-corrected chi connectivity index (χ1v) is 11.9. The minimum Gasteiger partial charge on any atom is 1.00 e. The fraction of sp³-hybridized carbons (Fsp3) is 0.0385. The number of carbonyl (C=O) groups excluding carboxylic acids is 1. The van der Waals surface area contributed by atoms with Crippen molar-refractivity contribution in [2.24, 2.45) is 0 Å². The summed E-state index contributed by atoms with van der Waals surface area (Å²) in [5.74, 6) is -1.14. The number of hydrogen-bond acceptors (Lipinski definition) is 2. The second-order valence-corrected chi connectivity index (χ2v) is 11.1. The average molecular weight is 420 g/mol. The molecule has 0 spiro atoms. The van der Waals surface area contributed by atoms with E-state index in [-0.39, 0.29) is 35.1 Å². The molecule has 2 nitrogen and oxygen atoms in total. The number of aromatic carboxylic acids is 1. The summed E-state index contributed by atoms with van der Waals surface area (Å²) in [6.07, 6.45) is 0.846. The first kappa shape index (κ1) is 22.5. The predicted octanol–water partition coefficient (Wildman–Crippen LogP) is 0.280. The minimum atomic E-state index is -2.37. The number of rotatable bonds is 6. The summed E-state index contributed by atoms with van der Waals surface area (Å²) in [5.41, 5.74) is 1.33. The van der Waals surface area contributed by atoms with Crippen LogP contribution in [0.3, 0.4) is 0 Å². The van der Waals surface area contributed by atoms with Crippen molar-refractivity contribution in [3.05, 3.63) is 126 Å². The van der Waals surface area contributed by atoms with E-state index in [2.05, 4.69) is 72.8 Å². The van der Waals surface area contributed by atoms with E-state index in [4.69, 9.17) is 0 Å². The summed E-state index contributed by atoms with van der Waals surface area (Å²) in [6, 6.07) is 39.2. The molecule has 0 unspecified atom stereocenters. The maximum Gasteiger partial charge on any atom is 1.00 e. The van der Waals surface area contributed by atoms with Crippen LogP contribution >= 0.6 is 7.26 Å². The third-order valence-electron chi connectivity index (χ3n) is 5.46. The van der Waals surface area contributed by atoms with Crippen molar-refractivity contribution >= 4 is 29.1 Å². The Morgan fingerprint density at radius 2 is 0.967 bits per heavy atom. The molecule has 4 heteroatoms. The molecule has 0 saturated carbocycles. The molecule has 0 aliphatic rings. The smallest absolute Gasteiger partial charge is 1.00 e. The van der Waals surface area contributed by atoms with Crippen LogP contribution < -0.4 is 50.6 Å². The van der Waals surface area contributed by atoms with Gasteiger partial charge in [-0.3, -0.25) is 0 Å². The molecular weight excluding hydrogens is 398 g/mol. The number of carbonyl (C=O) groups is 1. The van der Waals surface area contributed by atoms with Crippen LogP contribution in [0, 0.1) is 0 Å². The van der Waals surface area contributed by atoms with Crippen LogP contribution in [0.5, 0.6) is 0 Å². The SMILES string of the molecule is O=C([O-])c1ccc(C[PH](c2ccccc2)(c2ccccc2)c2ccccc2)cc1.[Na+]. The first-order chi connectivity index (χ1) is 14.2. The number of benzene rings is 4. The molecule has 0 aliphatic carbocycles. The molecule has 0 N–H and O–H groups in total. The summed E-state index contributed by atoms with van der Waals surface area (Å²) in [4.78, 5) is 11.2. The number of carboxylic acids is 1. The van der Waals surface area contributed by atoms with Gasteiger partial charge < -0.3 is 0 Å². The molecule has 0 fully saturated rings. The largest absolute Gasteiger partial charge is 1.00 e. The minimum absolute atomic E-state index is 0. The summed E-state index contributed by atoms with van der Waals surface area (Å²) >= 11 is 0. The number of carboxylic acid groups (broad SMARTS) is 1. The molecule has 0 saturated heterocycles. The van der Waals surface area contributed by atoms with Gasteiger partial charge in [0.25, 0.3) is 0 Å². The summed E-state index contributed by atoms with van der Waals surface area (Å²) in [5, 5.41) is 15.2. The Kier molecular flexibility index (Phi) is 7.64. The van der Waals surface area contributed by atoms with Crippen LogP contribution in [0.15, 0.2) is 115 Å². The number of hydrogen-bond donors (Lipinski definition) is 0. The molecule has 0 bridgehead atoms. The van der Waals surface area contributed by atoms with E-state index < -0.39 is 13.2 Å².